The van der Waals surface area contributed by atoms with Crippen LogP contribution in [-0.4, -0.2) is 30.0 Å². The molecule has 2 heterocycles. The zero-order chi connectivity index (χ0) is 19.5. The summed E-state index contributed by atoms with van der Waals surface area (Å²) in [5.74, 6) is 7.18. The number of nitrogens with zero attached hydrogens (tertiary/aromatic N) is 5. The van der Waals surface area contributed by atoms with Crippen molar-refractivity contribution >= 4 is 17.4 Å². The fourth-order valence-corrected chi connectivity index (χ4v) is 3.43. The van der Waals surface area contributed by atoms with Gasteiger partial charge in [0.25, 0.3) is 5.69 Å². The Morgan fingerprint density at radius 3 is 2.57 bits per heavy atom. The van der Waals surface area contributed by atoms with Crippen LogP contribution < -0.4 is 5.84 Å². The highest BCUT2D eigenvalue weighted by Crippen LogP contribution is 2.26. The number of thioether (sulfide) groups is 1. The number of aromatic amines is 1. The lowest BCUT2D eigenvalue weighted by Gasteiger charge is -2.02. The van der Waals surface area contributed by atoms with Gasteiger partial charge in [0.2, 0.25) is 11.0 Å². The molecule has 0 amide bonds. The van der Waals surface area contributed by atoms with E-state index in [1.165, 1.54) is 28.6 Å². The Morgan fingerprint density at radius 2 is 1.86 bits per heavy atom. The quantitative estimate of drug-likeness (QED) is 0.223. The van der Waals surface area contributed by atoms with Crippen LogP contribution in [0.3, 0.4) is 0 Å². The van der Waals surface area contributed by atoms with Crippen LogP contribution in [0.15, 0.2) is 65.8 Å². The molecule has 0 atom stereocenters. The van der Waals surface area contributed by atoms with E-state index in [0.29, 0.717) is 22.4 Å². The summed E-state index contributed by atoms with van der Waals surface area (Å²) in [5.41, 5.74) is 3.43. The topological polar surface area (TPSA) is 129 Å². The first-order valence-electron chi connectivity index (χ1n) is 8.29. The predicted octanol–water partition coefficient (Wildman–Crippen LogP) is 3.25. The molecule has 28 heavy (non-hydrogen) atoms. The molecule has 0 fully saturated rings. The maximum atomic E-state index is 10.7. The van der Waals surface area contributed by atoms with Crippen molar-refractivity contribution < 1.29 is 4.92 Å². The van der Waals surface area contributed by atoms with Crippen molar-refractivity contribution in [3.8, 4) is 22.8 Å². The summed E-state index contributed by atoms with van der Waals surface area (Å²) in [7, 11) is 0. The zero-order valence-electron chi connectivity index (χ0n) is 14.5. The van der Waals surface area contributed by atoms with E-state index >= 15 is 0 Å². The molecule has 0 unspecified atom stereocenters. The first kappa shape index (κ1) is 17.7. The molecular formula is C18H15N7O2S. The third-order valence-electron chi connectivity index (χ3n) is 4.07. The van der Waals surface area contributed by atoms with Gasteiger partial charge < -0.3 is 5.84 Å². The number of nitrogens with two attached hydrogens (primary N) is 1. The lowest BCUT2D eigenvalue weighted by molar-refractivity contribution is -0.384. The molecule has 10 heteroatoms. The number of nitrogens with one attached hydrogen (secondary N) is 1. The smallest absolute Gasteiger partial charge is 0.269 e. The van der Waals surface area contributed by atoms with E-state index in [2.05, 4.69) is 20.4 Å². The second-order valence-corrected chi connectivity index (χ2v) is 6.86. The van der Waals surface area contributed by atoms with Crippen LogP contribution in [0, 0.1) is 10.1 Å². The van der Waals surface area contributed by atoms with E-state index in [1.807, 2.05) is 36.4 Å². The van der Waals surface area contributed by atoms with Gasteiger partial charge in [-0.15, -0.1) is 10.2 Å². The molecule has 0 radical (unpaired) electrons. The Bertz CT molecular complexity index is 1110. The highest BCUT2D eigenvalue weighted by atomic mass is 32.2. The summed E-state index contributed by atoms with van der Waals surface area (Å²) < 4.78 is 1.40. The summed E-state index contributed by atoms with van der Waals surface area (Å²) >= 11 is 1.39. The number of rotatable bonds is 6. The summed E-state index contributed by atoms with van der Waals surface area (Å²) in [6.07, 6.45) is 0. The number of hydrogen-bond donors (Lipinski definition) is 2. The van der Waals surface area contributed by atoms with Crippen LogP contribution in [0.25, 0.3) is 22.8 Å². The van der Waals surface area contributed by atoms with Gasteiger partial charge in [-0.3, -0.25) is 15.2 Å². The molecule has 4 aromatic rings. The molecule has 0 aliphatic heterocycles. The Hall–Kier alpha value is -3.66. The van der Waals surface area contributed by atoms with Gasteiger partial charge in [0.15, 0.2) is 0 Å². The molecule has 0 bridgehead atoms. The minimum Gasteiger partial charge on any atom is -0.335 e. The minimum atomic E-state index is -0.423. The standard InChI is InChI=1S/C18H15N7O2S/c19-24-17(16-10-15(20-21-16)13-4-2-1-3-5-13)22-23-18(24)28-11-12-6-8-14(9-7-12)25(26)27/h1-10H,11,19H2,(H,20,21). The third-order valence-corrected chi connectivity index (χ3v) is 5.08. The molecule has 0 saturated carbocycles. The summed E-state index contributed by atoms with van der Waals surface area (Å²) in [4.78, 5) is 10.3. The van der Waals surface area contributed by atoms with Crippen molar-refractivity contribution in [1.82, 2.24) is 25.1 Å². The van der Waals surface area contributed by atoms with Crippen LogP contribution in [0.4, 0.5) is 5.69 Å². The largest absolute Gasteiger partial charge is 0.335 e. The molecule has 0 aliphatic carbocycles. The SMILES string of the molecule is Nn1c(SCc2ccc([N+](=O)[O-])cc2)nnc1-c1cc(-c2ccccc2)n[nH]1. The van der Waals surface area contributed by atoms with Gasteiger partial charge in [0.05, 0.1) is 10.6 Å². The van der Waals surface area contributed by atoms with Crippen LogP contribution in [-0.2, 0) is 5.75 Å². The molecule has 9 nitrogen and oxygen atoms in total. The fourth-order valence-electron chi connectivity index (χ4n) is 2.61. The van der Waals surface area contributed by atoms with E-state index < -0.39 is 4.92 Å². The van der Waals surface area contributed by atoms with E-state index in [-0.39, 0.29) is 5.69 Å². The maximum Gasteiger partial charge on any atom is 0.269 e. The van der Waals surface area contributed by atoms with Crippen LogP contribution >= 0.6 is 11.8 Å². The molecule has 0 spiro atoms. The second kappa shape index (κ2) is 7.53. The van der Waals surface area contributed by atoms with Crippen molar-refractivity contribution in [3.63, 3.8) is 0 Å². The summed E-state index contributed by atoms with van der Waals surface area (Å²) in [6.45, 7) is 0. The van der Waals surface area contributed by atoms with Gasteiger partial charge in [-0.1, -0.05) is 54.2 Å². The molecule has 0 saturated heterocycles. The van der Waals surface area contributed by atoms with Gasteiger partial charge in [-0.05, 0) is 11.6 Å². The first-order valence-corrected chi connectivity index (χ1v) is 9.28. The van der Waals surface area contributed by atoms with Crippen molar-refractivity contribution in [2.75, 3.05) is 5.84 Å². The zero-order valence-corrected chi connectivity index (χ0v) is 15.3. The highest BCUT2D eigenvalue weighted by Gasteiger charge is 2.15. The summed E-state index contributed by atoms with van der Waals surface area (Å²) in [6, 6.07) is 18.0. The number of non-ortho nitro benzene ring substituents is 1. The number of benzene rings is 2. The van der Waals surface area contributed by atoms with Gasteiger partial charge in [-0.2, -0.15) is 5.10 Å². The number of hydrogen-bond acceptors (Lipinski definition) is 7. The van der Waals surface area contributed by atoms with Gasteiger partial charge in [0.1, 0.15) is 5.69 Å². The number of H-pyrrole nitrogens is 1. The van der Waals surface area contributed by atoms with Gasteiger partial charge >= 0.3 is 0 Å². The Morgan fingerprint density at radius 1 is 1.11 bits per heavy atom. The van der Waals surface area contributed by atoms with Gasteiger partial charge in [-0.25, -0.2) is 4.68 Å². The first-order chi connectivity index (χ1) is 13.6. The van der Waals surface area contributed by atoms with E-state index in [9.17, 15) is 10.1 Å². The lowest BCUT2D eigenvalue weighted by Crippen LogP contribution is -2.11. The molecule has 3 N–H and O–H groups in total. The molecule has 2 aromatic carbocycles. The van der Waals surface area contributed by atoms with Crippen molar-refractivity contribution in [2.45, 2.75) is 10.9 Å². The summed E-state index contributed by atoms with van der Waals surface area (Å²) in [5, 5.41) is 26.8. The van der Waals surface area contributed by atoms with Gasteiger partial charge in [0, 0.05) is 23.4 Å². The fraction of sp³-hybridized carbons (Fsp3) is 0.0556. The highest BCUT2D eigenvalue weighted by molar-refractivity contribution is 7.98. The Labute approximate surface area is 163 Å². The maximum absolute atomic E-state index is 10.7. The van der Waals surface area contributed by atoms with Crippen LogP contribution in [0.1, 0.15) is 5.56 Å². The Balaban J connectivity index is 1.49. The predicted molar refractivity (Wildman–Crippen MR) is 106 cm³/mol. The lowest BCUT2D eigenvalue weighted by atomic mass is 10.1. The monoisotopic (exact) mass is 393 g/mol. The molecule has 140 valence electrons. The molecule has 2 aromatic heterocycles. The van der Waals surface area contributed by atoms with Crippen LogP contribution in [0.5, 0.6) is 0 Å². The number of aromatic nitrogens is 5. The third kappa shape index (κ3) is 3.58. The number of nitro groups is 1. The molecule has 0 aliphatic rings. The average molecular weight is 393 g/mol. The van der Waals surface area contributed by atoms with E-state index in [0.717, 1.165) is 16.8 Å². The van der Waals surface area contributed by atoms with E-state index in [1.54, 1.807) is 12.1 Å². The van der Waals surface area contributed by atoms with E-state index in [4.69, 9.17) is 5.84 Å². The molecule has 4 rings (SSSR count). The van der Waals surface area contributed by atoms with Crippen LogP contribution in [0.2, 0.25) is 0 Å². The average Bonchev–Trinajstić information content (AvgIpc) is 3.34. The molecular weight excluding hydrogens is 378 g/mol. The van der Waals surface area contributed by atoms with Crippen molar-refractivity contribution in [1.29, 1.82) is 0 Å². The van der Waals surface area contributed by atoms with Crippen molar-refractivity contribution in [3.05, 3.63) is 76.3 Å². The number of nitrogen functional groups attached to an aromatic ring is 1. The minimum absolute atomic E-state index is 0.0616. The van der Waals surface area contributed by atoms with Crippen molar-refractivity contribution in [2.24, 2.45) is 0 Å². The number of nitro benzene ring substituents is 1. The second-order valence-electron chi connectivity index (χ2n) is 5.92. The normalized spacial score (nSPS) is 10.9. The Kier molecular flexibility index (Phi) is 4.77.